The molecular formula is C23H30ClN3S. The second kappa shape index (κ2) is 13.1. The first-order valence-electron chi connectivity index (χ1n) is 9.06. The number of likely N-dealkylation sites (N-methyl/N-ethyl adjacent to an activating group) is 1. The lowest BCUT2D eigenvalue weighted by molar-refractivity contribution is 0.317. The summed E-state index contributed by atoms with van der Waals surface area (Å²) < 4.78 is 0.935. The predicted molar refractivity (Wildman–Crippen MR) is 127 cm³/mol. The minimum absolute atomic E-state index is 0.768. The Morgan fingerprint density at radius 1 is 1.25 bits per heavy atom. The smallest absolute Gasteiger partial charge is 0.0934 e. The van der Waals surface area contributed by atoms with Crippen molar-refractivity contribution in [2.45, 2.75) is 19.9 Å². The Balaban J connectivity index is 0.000000238. The number of nitrogens with two attached hydrogens (primary N) is 1. The highest BCUT2D eigenvalue weighted by Gasteiger charge is 2.15. The Bertz CT molecular complexity index is 797. The molecule has 150 valence electrons. The molecule has 3 nitrogen and oxygen atoms in total. The van der Waals surface area contributed by atoms with Crippen molar-refractivity contribution in [3.8, 4) is 0 Å². The van der Waals surface area contributed by atoms with Crippen molar-refractivity contribution in [3.05, 3.63) is 93.8 Å². The van der Waals surface area contributed by atoms with E-state index < -0.39 is 0 Å². The lowest BCUT2D eigenvalue weighted by Crippen LogP contribution is -2.24. The van der Waals surface area contributed by atoms with Gasteiger partial charge < -0.3 is 10.6 Å². The molecule has 0 aliphatic carbocycles. The van der Waals surface area contributed by atoms with E-state index in [-0.39, 0.29) is 0 Å². The van der Waals surface area contributed by atoms with Crippen LogP contribution >= 0.6 is 22.9 Å². The van der Waals surface area contributed by atoms with Crippen molar-refractivity contribution in [1.29, 1.82) is 0 Å². The van der Waals surface area contributed by atoms with E-state index in [1.165, 1.54) is 17.0 Å². The van der Waals surface area contributed by atoms with Crippen LogP contribution in [0.5, 0.6) is 0 Å². The molecule has 2 aromatic rings. The zero-order chi connectivity index (χ0) is 20.9. The Hall–Kier alpha value is -2.14. The SMILES string of the molecule is C=CC=C.CN1CCc2cc(Cl)sc2C1.CN=C(/C=C(/C)N)c1ccccc1. The zero-order valence-electron chi connectivity index (χ0n) is 17.0. The lowest BCUT2D eigenvalue weighted by atomic mass is 10.1. The second-order valence-corrected chi connectivity index (χ2v) is 8.09. The van der Waals surface area contributed by atoms with E-state index >= 15 is 0 Å². The molecule has 0 radical (unpaired) electrons. The molecule has 28 heavy (non-hydrogen) atoms. The Morgan fingerprint density at radius 2 is 1.89 bits per heavy atom. The van der Waals surface area contributed by atoms with E-state index in [1.54, 1.807) is 30.5 Å². The number of benzene rings is 1. The molecule has 3 rings (SSSR count). The van der Waals surface area contributed by atoms with Crippen LogP contribution < -0.4 is 5.73 Å². The van der Waals surface area contributed by atoms with Crippen LogP contribution in [-0.2, 0) is 13.0 Å². The first-order valence-corrected chi connectivity index (χ1v) is 10.3. The molecule has 0 amide bonds. The van der Waals surface area contributed by atoms with Crippen molar-refractivity contribution < 1.29 is 0 Å². The number of nitrogens with zero attached hydrogens (tertiary/aromatic N) is 2. The number of thiophene rings is 1. The van der Waals surface area contributed by atoms with Gasteiger partial charge in [-0.05, 0) is 43.7 Å². The topological polar surface area (TPSA) is 41.6 Å². The quantitative estimate of drug-likeness (QED) is 0.514. The van der Waals surface area contributed by atoms with Gasteiger partial charge in [-0.3, -0.25) is 4.99 Å². The van der Waals surface area contributed by atoms with Crippen LogP contribution in [0.2, 0.25) is 4.34 Å². The summed E-state index contributed by atoms with van der Waals surface area (Å²) in [4.78, 5) is 7.94. The fourth-order valence-electron chi connectivity index (χ4n) is 2.51. The third kappa shape index (κ3) is 8.70. The molecule has 1 aromatic carbocycles. The van der Waals surface area contributed by atoms with Crippen molar-refractivity contribution in [3.63, 3.8) is 0 Å². The largest absolute Gasteiger partial charge is 0.402 e. The lowest BCUT2D eigenvalue weighted by Gasteiger charge is -2.21. The zero-order valence-corrected chi connectivity index (χ0v) is 18.6. The van der Waals surface area contributed by atoms with Crippen molar-refractivity contribution >= 4 is 28.6 Å². The summed E-state index contributed by atoms with van der Waals surface area (Å²) in [6.45, 7) is 10.8. The molecule has 0 saturated carbocycles. The molecule has 0 unspecified atom stereocenters. The van der Waals surface area contributed by atoms with Gasteiger partial charge in [0.25, 0.3) is 0 Å². The number of fused-ring (bicyclic) bond motifs is 1. The average Bonchev–Trinajstić information content (AvgIpc) is 3.06. The van der Waals surface area contributed by atoms with Crippen LogP contribution in [0.15, 0.2) is 78.5 Å². The maximum absolute atomic E-state index is 5.90. The summed E-state index contributed by atoms with van der Waals surface area (Å²) in [5, 5.41) is 0. The van der Waals surface area contributed by atoms with Gasteiger partial charge in [0, 0.05) is 30.7 Å². The van der Waals surface area contributed by atoms with Gasteiger partial charge in [-0.2, -0.15) is 0 Å². The van der Waals surface area contributed by atoms with E-state index in [9.17, 15) is 0 Å². The van der Waals surface area contributed by atoms with Crippen LogP contribution in [0.25, 0.3) is 0 Å². The monoisotopic (exact) mass is 415 g/mol. The molecule has 2 N–H and O–H groups in total. The molecular weight excluding hydrogens is 386 g/mol. The van der Waals surface area contributed by atoms with Crippen molar-refractivity contribution in [2.75, 3.05) is 20.6 Å². The fraction of sp³-hybridized carbons (Fsp3) is 0.261. The number of allylic oxidation sites excluding steroid dienone is 4. The summed E-state index contributed by atoms with van der Waals surface area (Å²) in [5.41, 5.74) is 9.82. The fourth-order valence-corrected chi connectivity index (χ4v) is 3.94. The highest BCUT2D eigenvalue weighted by molar-refractivity contribution is 7.16. The molecule has 1 aliphatic rings. The third-order valence-corrected chi connectivity index (χ3v) is 5.18. The highest BCUT2D eigenvalue weighted by Crippen LogP contribution is 2.30. The Labute approximate surface area is 178 Å². The van der Waals surface area contributed by atoms with Crippen molar-refractivity contribution in [1.82, 2.24) is 4.90 Å². The van der Waals surface area contributed by atoms with Crippen LogP contribution in [-0.4, -0.2) is 31.3 Å². The minimum atomic E-state index is 0.768. The van der Waals surface area contributed by atoms with Gasteiger partial charge in [0.1, 0.15) is 0 Å². The predicted octanol–water partition coefficient (Wildman–Crippen LogP) is 5.72. The summed E-state index contributed by atoms with van der Waals surface area (Å²) in [6.07, 6.45) is 6.31. The minimum Gasteiger partial charge on any atom is -0.402 e. The number of hydrogen-bond donors (Lipinski definition) is 1. The van der Waals surface area contributed by atoms with Gasteiger partial charge >= 0.3 is 0 Å². The molecule has 1 aromatic heterocycles. The number of aliphatic imine (C=N–C) groups is 1. The van der Waals surface area contributed by atoms with Crippen LogP contribution in [0.4, 0.5) is 0 Å². The average molecular weight is 416 g/mol. The van der Waals surface area contributed by atoms with Gasteiger partial charge in [-0.15, -0.1) is 11.3 Å². The number of rotatable bonds is 3. The number of hydrogen-bond acceptors (Lipinski definition) is 4. The van der Waals surface area contributed by atoms with Gasteiger partial charge in [0.15, 0.2) is 0 Å². The van der Waals surface area contributed by atoms with Crippen LogP contribution in [0.1, 0.15) is 22.9 Å². The van der Waals surface area contributed by atoms with Crippen LogP contribution in [0, 0.1) is 0 Å². The highest BCUT2D eigenvalue weighted by atomic mass is 35.5. The van der Waals surface area contributed by atoms with E-state index in [0.717, 1.165) is 34.3 Å². The normalized spacial score (nSPS) is 14.0. The summed E-state index contributed by atoms with van der Waals surface area (Å²) in [7, 11) is 3.92. The van der Waals surface area contributed by atoms with Gasteiger partial charge in [0.2, 0.25) is 0 Å². The summed E-state index contributed by atoms with van der Waals surface area (Å²) in [6, 6.07) is 12.1. The third-order valence-electron chi connectivity index (χ3n) is 3.88. The molecule has 1 aliphatic heterocycles. The van der Waals surface area contributed by atoms with E-state index in [1.807, 2.05) is 43.3 Å². The van der Waals surface area contributed by atoms with E-state index in [2.05, 4.69) is 36.2 Å². The molecule has 0 saturated heterocycles. The van der Waals surface area contributed by atoms with Gasteiger partial charge in [0.05, 0.1) is 10.0 Å². The standard InChI is InChI=1S/C11H14N2.C8H10ClNS.C4H6/c1-9(12)8-11(13-2)10-6-4-3-5-7-10;1-10-3-2-6-4-8(9)11-7(6)5-10;1-3-4-2/h3-8H,12H2,1-2H3;4H,2-3,5H2,1H3;3-4H,1-2H2/b9-8-,13-11?;;. The molecule has 0 fully saturated rings. The maximum Gasteiger partial charge on any atom is 0.0934 e. The summed E-state index contributed by atoms with van der Waals surface area (Å²) >= 11 is 7.62. The molecule has 0 atom stereocenters. The molecule has 2 heterocycles. The van der Waals surface area contributed by atoms with E-state index in [4.69, 9.17) is 17.3 Å². The first kappa shape index (κ1) is 23.9. The molecule has 0 spiro atoms. The van der Waals surface area contributed by atoms with Gasteiger partial charge in [-0.25, -0.2) is 0 Å². The first-order chi connectivity index (χ1) is 13.4. The molecule has 5 heteroatoms. The Morgan fingerprint density at radius 3 is 2.43 bits per heavy atom. The molecule has 0 bridgehead atoms. The maximum atomic E-state index is 5.90. The second-order valence-electron chi connectivity index (χ2n) is 6.32. The Kier molecular flexibility index (Phi) is 11.2. The van der Waals surface area contributed by atoms with Crippen molar-refractivity contribution in [2.24, 2.45) is 10.7 Å². The van der Waals surface area contributed by atoms with Gasteiger partial charge in [-0.1, -0.05) is 67.2 Å². The van der Waals surface area contributed by atoms with Crippen LogP contribution in [0.3, 0.4) is 0 Å². The summed E-state index contributed by atoms with van der Waals surface area (Å²) in [5.74, 6) is 0. The van der Waals surface area contributed by atoms with E-state index in [0.29, 0.717) is 0 Å². The number of halogens is 1.